The number of carbonyl (C=O) groups is 1. The van der Waals surface area contributed by atoms with Gasteiger partial charge in [0.05, 0.1) is 12.2 Å². The Bertz CT molecular complexity index is 842. The lowest BCUT2D eigenvalue weighted by Gasteiger charge is -2.11. The predicted molar refractivity (Wildman–Crippen MR) is 94.9 cm³/mol. The molecule has 0 spiro atoms. The molecule has 1 aromatic carbocycles. The summed E-state index contributed by atoms with van der Waals surface area (Å²) in [6, 6.07) is 7.55. The van der Waals surface area contributed by atoms with Crippen LogP contribution in [0.5, 0.6) is 5.75 Å². The number of nitrogens with zero attached hydrogens (tertiary/aromatic N) is 2. The van der Waals surface area contributed by atoms with Crippen molar-refractivity contribution >= 4 is 5.91 Å². The second-order valence-electron chi connectivity index (χ2n) is 6.44. The van der Waals surface area contributed by atoms with E-state index in [1.54, 1.807) is 6.07 Å². The fourth-order valence-corrected chi connectivity index (χ4v) is 2.96. The Balaban J connectivity index is 1.48. The van der Waals surface area contributed by atoms with Gasteiger partial charge in [0, 0.05) is 12.6 Å². The maximum absolute atomic E-state index is 12.0. The molecule has 1 aliphatic carbocycles. The normalized spacial score (nSPS) is 12.7. The summed E-state index contributed by atoms with van der Waals surface area (Å²) >= 11 is 0. The third-order valence-electron chi connectivity index (χ3n) is 4.37. The van der Waals surface area contributed by atoms with Crippen molar-refractivity contribution in [1.82, 2.24) is 15.1 Å². The van der Waals surface area contributed by atoms with E-state index in [-0.39, 0.29) is 18.1 Å². The number of carbonyl (C=O) groups excluding carboxylic acids is 1. The van der Waals surface area contributed by atoms with Crippen LogP contribution >= 0.6 is 0 Å². The summed E-state index contributed by atoms with van der Waals surface area (Å²) in [6.45, 7) is 4.59. The molecule has 3 rings (SSSR count). The number of amides is 1. The lowest BCUT2D eigenvalue weighted by Crippen LogP contribution is -2.34. The standard InChI is InChI=1S/C19H23N3O3/c1-13-6-7-14(2)17(10-13)25-12-18(23)20-8-9-22-19(24)11-15-4-3-5-16(15)21-22/h6-7,10-11H,3-5,8-9,12H2,1-2H3,(H,20,23). The summed E-state index contributed by atoms with van der Waals surface area (Å²) in [7, 11) is 0. The zero-order chi connectivity index (χ0) is 17.8. The molecule has 0 saturated heterocycles. The van der Waals surface area contributed by atoms with Gasteiger partial charge in [0.25, 0.3) is 11.5 Å². The molecule has 132 valence electrons. The number of benzene rings is 1. The molecule has 6 heteroatoms. The molecule has 0 unspecified atom stereocenters. The van der Waals surface area contributed by atoms with Crippen molar-refractivity contribution in [2.45, 2.75) is 39.7 Å². The number of fused-ring (bicyclic) bond motifs is 1. The van der Waals surface area contributed by atoms with Gasteiger partial charge in [-0.2, -0.15) is 5.10 Å². The summed E-state index contributed by atoms with van der Waals surface area (Å²) in [4.78, 5) is 23.9. The Hall–Kier alpha value is -2.63. The topological polar surface area (TPSA) is 73.2 Å². The van der Waals surface area contributed by atoms with Crippen LogP contribution in [0.4, 0.5) is 0 Å². The van der Waals surface area contributed by atoms with Gasteiger partial charge in [0.2, 0.25) is 0 Å². The SMILES string of the molecule is Cc1ccc(C)c(OCC(=O)NCCn2nc3c(cc2=O)CCC3)c1. The summed E-state index contributed by atoms with van der Waals surface area (Å²) in [6.07, 6.45) is 2.91. The van der Waals surface area contributed by atoms with Gasteiger partial charge in [0.1, 0.15) is 5.75 Å². The molecule has 1 heterocycles. The van der Waals surface area contributed by atoms with E-state index >= 15 is 0 Å². The molecule has 0 atom stereocenters. The highest BCUT2D eigenvalue weighted by atomic mass is 16.5. The molecule has 6 nitrogen and oxygen atoms in total. The number of rotatable bonds is 6. The third-order valence-corrected chi connectivity index (χ3v) is 4.37. The van der Waals surface area contributed by atoms with Crippen LogP contribution in [0.2, 0.25) is 0 Å². The van der Waals surface area contributed by atoms with Gasteiger partial charge < -0.3 is 10.1 Å². The van der Waals surface area contributed by atoms with E-state index < -0.39 is 0 Å². The van der Waals surface area contributed by atoms with Crippen LogP contribution in [0.3, 0.4) is 0 Å². The highest BCUT2D eigenvalue weighted by molar-refractivity contribution is 5.77. The summed E-state index contributed by atoms with van der Waals surface area (Å²) in [5.74, 6) is 0.502. The Morgan fingerprint density at radius 2 is 2.12 bits per heavy atom. The molecule has 1 aromatic heterocycles. The molecule has 1 amide bonds. The molecular formula is C19H23N3O3. The van der Waals surface area contributed by atoms with Crippen LogP contribution in [0.25, 0.3) is 0 Å². The van der Waals surface area contributed by atoms with E-state index in [0.717, 1.165) is 41.6 Å². The third kappa shape index (κ3) is 4.26. The van der Waals surface area contributed by atoms with Crippen LogP contribution in [-0.2, 0) is 24.2 Å². The summed E-state index contributed by atoms with van der Waals surface area (Å²) in [5, 5.41) is 7.15. The highest BCUT2D eigenvalue weighted by Gasteiger charge is 2.14. The van der Waals surface area contributed by atoms with E-state index in [9.17, 15) is 9.59 Å². The molecule has 0 saturated carbocycles. The van der Waals surface area contributed by atoms with E-state index in [2.05, 4.69) is 10.4 Å². The second-order valence-corrected chi connectivity index (χ2v) is 6.44. The molecule has 0 aliphatic heterocycles. The number of hydrogen-bond acceptors (Lipinski definition) is 4. The molecule has 1 N–H and O–H groups in total. The first-order valence-electron chi connectivity index (χ1n) is 8.59. The second kappa shape index (κ2) is 7.51. The zero-order valence-electron chi connectivity index (χ0n) is 14.7. The van der Waals surface area contributed by atoms with Crippen molar-refractivity contribution in [3.8, 4) is 5.75 Å². The fraction of sp³-hybridized carbons (Fsp3) is 0.421. The van der Waals surface area contributed by atoms with Gasteiger partial charge in [-0.05, 0) is 55.9 Å². The monoisotopic (exact) mass is 341 g/mol. The number of ether oxygens (including phenoxy) is 1. The van der Waals surface area contributed by atoms with Crippen LogP contribution < -0.4 is 15.6 Å². The van der Waals surface area contributed by atoms with Gasteiger partial charge >= 0.3 is 0 Å². The molecule has 25 heavy (non-hydrogen) atoms. The maximum atomic E-state index is 12.0. The average Bonchev–Trinajstić information content (AvgIpc) is 3.03. The fourth-order valence-electron chi connectivity index (χ4n) is 2.96. The summed E-state index contributed by atoms with van der Waals surface area (Å²) < 4.78 is 7.00. The van der Waals surface area contributed by atoms with Crippen molar-refractivity contribution in [3.05, 3.63) is 57.0 Å². The Labute approximate surface area is 146 Å². The molecule has 0 fully saturated rings. The van der Waals surface area contributed by atoms with E-state index in [4.69, 9.17) is 4.74 Å². The van der Waals surface area contributed by atoms with Crippen LogP contribution in [0, 0.1) is 13.8 Å². The van der Waals surface area contributed by atoms with Crippen molar-refractivity contribution in [2.24, 2.45) is 0 Å². The average molecular weight is 341 g/mol. The minimum atomic E-state index is -0.213. The van der Waals surface area contributed by atoms with Crippen LogP contribution in [0.1, 0.15) is 28.8 Å². The minimum Gasteiger partial charge on any atom is -0.483 e. The lowest BCUT2D eigenvalue weighted by molar-refractivity contribution is -0.123. The minimum absolute atomic E-state index is 0.0448. The Morgan fingerprint density at radius 1 is 1.28 bits per heavy atom. The quantitative estimate of drug-likeness (QED) is 0.865. The number of hydrogen-bond donors (Lipinski definition) is 1. The Kier molecular flexibility index (Phi) is 5.16. The van der Waals surface area contributed by atoms with Crippen molar-refractivity contribution < 1.29 is 9.53 Å². The van der Waals surface area contributed by atoms with Gasteiger partial charge in [-0.3, -0.25) is 9.59 Å². The van der Waals surface area contributed by atoms with Crippen LogP contribution in [-0.4, -0.2) is 28.8 Å². The van der Waals surface area contributed by atoms with Crippen molar-refractivity contribution in [3.63, 3.8) is 0 Å². The predicted octanol–water partition coefficient (Wildman–Crippen LogP) is 1.54. The first kappa shape index (κ1) is 17.2. The van der Waals surface area contributed by atoms with E-state index in [0.29, 0.717) is 18.8 Å². The molecule has 0 radical (unpaired) electrons. The number of aryl methyl sites for hydroxylation is 4. The smallest absolute Gasteiger partial charge is 0.267 e. The van der Waals surface area contributed by atoms with E-state index in [1.165, 1.54) is 4.68 Å². The van der Waals surface area contributed by atoms with Gasteiger partial charge in [-0.15, -0.1) is 0 Å². The number of nitrogens with one attached hydrogen (secondary N) is 1. The molecule has 2 aromatic rings. The van der Waals surface area contributed by atoms with Crippen molar-refractivity contribution in [1.29, 1.82) is 0 Å². The zero-order valence-corrected chi connectivity index (χ0v) is 14.7. The lowest BCUT2D eigenvalue weighted by atomic mass is 10.1. The van der Waals surface area contributed by atoms with Gasteiger partial charge in [-0.1, -0.05) is 12.1 Å². The van der Waals surface area contributed by atoms with Crippen LogP contribution in [0.15, 0.2) is 29.1 Å². The highest BCUT2D eigenvalue weighted by Crippen LogP contribution is 2.19. The largest absolute Gasteiger partial charge is 0.483 e. The summed E-state index contributed by atoms with van der Waals surface area (Å²) in [5.41, 5.74) is 4.04. The Morgan fingerprint density at radius 3 is 2.96 bits per heavy atom. The molecular weight excluding hydrogens is 318 g/mol. The van der Waals surface area contributed by atoms with E-state index in [1.807, 2.05) is 32.0 Å². The molecule has 0 bridgehead atoms. The van der Waals surface area contributed by atoms with Gasteiger partial charge in [-0.25, -0.2) is 4.68 Å². The molecule has 1 aliphatic rings. The van der Waals surface area contributed by atoms with Gasteiger partial charge in [0.15, 0.2) is 6.61 Å². The first-order chi connectivity index (χ1) is 12.0. The first-order valence-corrected chi connectivity index (χ1v) is 8.59. The van der Waals surface area contributed by atoms with Crippen molar-refractivity contribution in [2.75, 3.05) is 13.2 Å². The number of aromatic nitrogens is 2. The maximum Gasteiger partial charge on any atom is 0.267 e.